The van der Waals surface area contributed by atoms with Crippen LogP contribution in [0.25, 0.3) is 0 Å². The van der Waals surface area contributed by atoms with Gasteiger partial charge < -0.3 is 10.5 Å². The van der Waals surface area contributed by atoms with Crippen molar-refractivity contribution in [1.82, 2.24) is 0 Å². The lowest BCUT2D eigenvalue weighted by molar-refractivity contribution is 0.386. The number of hydrogen-bond donors (Lipinski definition) is 2. The third-order valence-electron chi connectivity index (χ3n) is 2.29. The zero-order chi connectivity index (χ0) is 13.6. The molecule has 1 rings (SSSR count). The zero-order valence-corrected chi connectivity index (χ0v) is 11.0. The second kappa shape index (κ2) is 6.55. The predicted molar refractivity (Wildman–Crippen MR) is 68.6 cm³/mol. The number of rotatable bonds is 7. The van der Waals surface area contributed by atoms with E-state index in [0.29, 0.717) is 19.4 Å². The molecule has 0 atom stereocenters. The van der Waals surface area contributed by atoms with Crippen LogP contribution >= 0.6 is 0 Å². The van der Waals surface area contributed by atoms with E-state index in [0.717, 1.165) is 6.07 Å². The molecule has 0 aliphatic carbocycles. The minimum absolute atomic E-state index is 0.0299. The monoisotopic (exact) mass is 276 g/mol. The van der Waals surface area contributed by atoms with E-state index in [2.05, 4.69) is 4.72 Å². The molecule has 0 amide bonds. The fourth-order valence-electron chi connectivity index (χ4n) is 1.40. The maximum absolute atomic E-state index is 13.4. The zero-order valence-electron chi connectivity index (χ0n) is 10.1. The Kier molecular flexibility index (Phi) is 5.36. The van der Waals surface area contributed by atoms with Crippen LogP contribution in [0, 0.1) is 5.82 Å². The first-order valence-electron chi connectivity index (χ1n) is 5.52. The highest BCUT2D eigenvalue weighted by Crippen LogP contribution is 2.21. The molecule has 3 N–H and O–H groups in total. The summed E-state index contributed by atoms with van der Waals surface area (Å²) in [6.07, 6.45) is 1.11. The maximum atomic E-state index is 13.4. The fourth-order valence-corrected chi connectivity index (χ4v) is 2.57. The Balaban J connectivity index is 2.69. The second-order valence-corrected chi connectivity index (χ2v) is 5.61. The van der Waals surface area contributed by atoms with Crippen molar-refractivity contribution in [1.29, 1.82) is 0 Å². The minimum Gasteiger partial charge on any atom is -0.494 e. The molecule has 102 valence electrons. The van der Waals surface area contributed by atoms with Gasteiger partial charge in [-0.1, -0.05) is 0 Å². The summed E-state index contributed by atoms with van der Waals surface area (Å²) >= 11 is 0. The Morgan fingerprint density at radius 1 is 1.39 bits per heavy atom. The molecule has 0 unspecified atom stereocenters. The van der Waals surface area contributed by atoms with Crippen molar-refractivity contribution in [2.24, 2.45) is 5.73 Å². The molecule has 0 fully saturated rings. The Bertz CT molecular complexity index is 491. The van der Waals surface area contributed by atoms with Gasteiger partial charge in [-0.05, 0) is 31.5 Å². The quantitative estimate of drug-likeness (QED) is 0.736. The lowest BCUT2D eigenvalue weighted by Gasteiger charge is -2.09. The molecule has 0 saturated carbocycles. The normalized spacial score (nSPS) is 11.3. The molecular weight excluding hydrogens is 259 g/mol. The van der Waals surface area contributed by atoms with Crippen LogP contribution in [0.2, 0.25) is 0 Å². The third kappa shape index (κ3) is 4.50. The topological polar surface area (TPSA) is 81.4 Å². The summed E-state index contributed by atoms with van der Waals surface area (Å²) in [4.78, 5) is 0. The van der Waals surface area contributed by atoms with Crippen LogP contribution in [-0.2, 0) is 10.0 Å². The largest absolute Gasteiger partial charge is 0.494 e. The van der Waals surface area contributed by atoms with Crippen molar-refractivity contribution in [2.45, 2.75) is 12.8 Å². The van der Waals surface area contributed by atoms with E-state index in [9.17, 15) is 12.8 Å². The van der Waals surface area contributed by atoms with Gasteiger partial charge in [0.05, 0.1) is 18.6 Å². The van der Waals surface area contributed by atoms with Gasteiger partial charge >= 0.3 is 0 Å². The van der Waals surface area contributed by atoms with Gasteiger partial charge in [-0.15, -0.1) is 0 Å². The predicted octanol–water partition coefficient (Wildman–Crippen LogP) is 1.31. The van der Waals surface area contributed by atoms with E-state index in [-0.39, 0.29) is 17.2 Å². The molecule has 1 aromatic rings. The SMILES string of the molecule is COc1ccc(NS(=O)(=O)CCCCN)cc1F. The van der Waals surface area contributed by atoms with E-state index >= 15 is 0 Å². The van der Waals surface area contributed by atoms with Gasteiger partial charge in [-0.2, -0.15) is 0 Å². The number of sulfonamides is 1. The standard InChI is InChI=1S/C11H17FN2O3S/c1-17-11-5-4-9(8-10(11)12)14-18(15,16)7-3-2-6-13/h4-5,8,14H,2-3,6-7,13H2,1H3. The van der Waals surface area contributed by atoms with Crippen LogP contribution in [-0.4, -0.2) is 27.8 Å². The van der Waals surface area contributed by atoms with E-state index in [4.69, 9.17) is 10.5 Å². The molecule has 0 aliphatic heterocycles. The number of halogens is 1. The van der Waals surface area contributed by atoms with Crippen LogP contribution in [0.4, 0.5) is 10.1 Å². The third-order valence-corrected chi connectivity index (χ3v) is 3.67. The van der Waals surface area contributed by atoms with Gasteiger partial charge in [0.2, 0.25) is 10.0 Å². The molecule has 0 radical (unpaired) electrons. The Labute approximate surface area is 106 Å². The Morgan fingerprint density at radius 2 is 2.11 bits per heavy atom. The summed E-state index contributed by atoms with van der Waals surface area (Å²) in [6.45, 7) is 0.451. The molecule has 0 saturated heterocycles. The number of methoxy groups -OCH3 is 1. The average molecular weight is 276 g/mol. The second-order valence-electron chi connectivity index (χ2n) is 3.77. The maximum Gasteiger partial charge on any atom is 0.232 e. The van der Waals surface area contributed by atoms with Crippen LogP contribution in [0.5, 0.6) is 5.75 Å². The summed E-state index contributed by atoms with van der Waals surface area (Å²) in [7, 11) is -2.11. The van der Waals surface area contributed by atoms with E-state index in [1.165, 1.54) is 19.2 Å². The minimum atomic E-state index is -3.46. The number of nitrogens with two attached hydrogens (primary N) is 1. The highest BCUT2D eigenvalue weighted by molar-refractivity contribution is 7.92. The summed E-state index contributed by atoms with van der Waals surface area (Å²) in [5.74, 6) is -0.571. The number of anilines is 1. The van der Waals surface area contributed by atoms with Crippen molar-refractivity contribution >= 4 is 15.7 Å². The fraction of sp³-hybridized carbons (Fsp3) is 0.455. The van der Waals surface area contributed by atoms with Crippen molar-refractivity contribution in [3.05, 3.63) is 24.0 Å². The molecule has 18 heavy (non-hydrogen) atoms. The van der Waals surface area contributed by atoms with E-state index in [1.807, 2.05) is 0 Å². The van der Waals surface area contributed by atoms with Crippen molar-refractivity contribution in [3.63, 3.8) is 0 Å². The van der Waals surface area contributed by atoms with Crippen LogP contribution in [0.3, 0.4) is 0 Å². The number of hydrogen-bond acceptors (Lipinski definition) is 4. The van der Waals surface area contributed by atoms with Gasteiger partial charge in [0.25, 0.3) is 0 Å². The molecular formula is C11H17FN2O3S. The van der Waals surface area contributed by atoms with Gasteiger partial charge in [0, 0.05) is 6.07 Å². The van der Waals surface area contributed by atoms with Gasteiger partial charge in [0.1, 0.15) is 0 Å². The molecule has 0 aliphatic rings. The van der Waals surface area contributed by atoms with Gasteiger partial charge in [-0.25, -0.2) is 12.8 Å². The molecule has 5 nitrogen and oxygen atoms in total. The number of unbranched alkanes of at least 4 members (excludes halogenated alkanes) is 1. The molecule has 0 heterocycles. The summed E-state index contributed by atoms with van der Waals surface area (Å²) in [5, 5.41) is 0. The van der Waals surface area contributed by atoms with Crippen LogP contribution < -0.4 is 15.2 Å². The number of benzene rings is 1. The lowest BCUT2D eigenvalue weighted by Crippen LogP contribution is -2.17. The van der Waals surface area contributed by atoms with E-state index in [1.54, 1.807) is 0 Å². The number of nitrogens with one attached hydrogen (secondary N) is 1. The van der Waals surface area contributed by atoms with E-state index < -0.39 is 15.8 Å². The van der Waals surface area contributed by atoms with Crippen molar-refractivity contribution < 1.29 is 17.5 Å². The highest BCUT2D eigenvalue weighted by atomic mass is 32.2. The first-order chi connectivity index (χ1) is 8.48. The van der Waals surface area contributed by atoms with Gasteiger partial charge in [-0.3, -0.25) is 4.72 Å². The average Bonchev–Trinajstić information content (AvgIpc) is 2.29. The van der Waals surface area contributed by atoms with Crippen LogP contribution in [0.1, 0.15) is 12.8 Å². The molecule has 0 spiro atoms. The molecule has 0 aromatic heterocycles. The van der Waals surface area contributed by atoms with Crippen molar-refractivity contribution in [2.75, 3.05) is 24.1 Å². The Morgan fingerprint density at radius 3 is 2.67 bits per heavy atom. The summed E-state index contributed by atoms with van der Waals surface area (Å²) in [6, 6.07) is 3.90. The Hall–Kier alpha value is -1.34. The smallest absolute Gasteiger partial charge is 0.232 e. The van der Waals surface area contributed by atoms with Crippen molar-refractivity contribution in [3.8, 4) is 5.75 Å². The van der Waals surface area contributed by atoms with Gasteiger partial charge in [0.15, 0.2) is 11.6 Å². The number of ether oxygens (including phenoxy) is 1. The highest BCUT2D eigenvalue weighted by Gasteiger charge is 2.11. The summed E-state index contributed by atoms with van der Waals surface area (Å²) < 4.78 is 43.7. The molecule has 1 aromatic carbocycles. The van der Waals surface area contributed by atoms with Crippen LogP contribution in [0.15, 0.2) is 18.2 Å². The summed E-state index contributed by atoms with van der Waals surface area (Å²) in [5.41, 5.74) is 5.47. The lowest BCUT2D eigenvalue weighted by atomic mass is 10.3. The first-order valence-corrected chi connectivity index (χ1v) is 7.18. The first kappa shape index (κ1) is 14.7. The molecule has 7 heteroatoms. The molecule has 0 bridgehead atoms.